The summed E-state index contributed by atoms with van der Waals surface area (Å²) in [5, 5.41) is 3.91. The van der Waals surface area contributed by atoms with Crippen LogP contribution in [-0.4, -0.2) is 54.6 Å². The quantitative estimate of drug-likeness (QED) is 0.619. The summed E-state index contributed by atoms with van der Waals surface area (Å²) in [5.41, 5.74) is 3.96. The first-order valence-corrected chi connectivity index (χ1v) is 10.9. The molecule has 0 aliphatic carbocycles. The number of ether oxygens (including phenoxy) is 1. The Kier molecular flexibility index (Phi) is 6.37. The second-order valence-electron chi connectivity index (χ2n) is 8.34. The number of nitrogens with one attached hydrogen (secondary N) is 2. The van der Waals surface area contributed by atoms with Crippen molar-refractivity contribution in [1.82, 2.24) is 9.88 Å². The Bertz CT molecular complexity index is 1100. The van der Waals surface area contributed by atoms with E-state index in [0.717, 1.165) is 73.6 Å². The van der Waals surface area contributed by atoms with E-state index >= 15 is 0 Å². The van der Waals surface area contributed by atoms with Crippen LogP contribution in [0.2, 0.25) is 0 Å². The first kappa shape index (κ1) is 22.1. The van der Waals surface area contributed by atoms with Crippen molar-refractivity contribution in [3.63, 3.8) is 0 Å². The zero-order valence-corrected chi connectivity index (χ0v) is 17.7. The number of H-pyrrole nitrogens is 1. The Morgan fingerprint density at radius 2 is 1.97 bits per heavy atom. The monoisotopic (exact) mass is 438 g/mol. The largest absolute Gasteiger partial charge is 0.477 e. The molecule has 32 heavy (non-hydrogen) atoms. The van der Waals surface area contributed by atoms with Gasteiger partial charge in [0.2, 0.25) is 0 Å². The molecule has 7 heteroatoms. The maximum absolute atomic E-state index is 13.6. The number of hydrogen-bond acceptors (Lipinski definition) is 4. The van der Waals surface area contributed by atoms with E-state index < -0.39 is 6.10 Å². The summed E-state index contributed by atoms with van der Waals surface area (Å²) in [5.74, 6) is 0.479. The molecule has 1 atom stereocenters. The van der Waals surface area contributed by atoms with Gasteiger partial charge in [-0.05, 0) is 62.2 Å². The zero-order valence-electron chi connectivity index (χ0n) is 17.7. The Labute approximate surface area is 188 Å². The summed E-state index contributed by atoms with van der Waals surface area (Å²) in [4.78, 5) is 19.9. The maximum Gasteiger partial charge on any atom is 0.265 e. The molecule has 6 nitrogen and oxygen atoms in total. The summed E-state index contributed by atoms with van der Waals surface area (Å²) < 4.78 is 19.5. The highest BCUT2D eigenvalue weighted by Gasteiger charge is 2.28. The molecule has 2 aromatic carbocycles. The number of nitrogens with zero attached hydrogens (tertiary/aromatic N) is 2. The van der Waals surface area contributed by atoms with Crippen molar-refractivity contribution < 1.29 is 13.9 Å². The third-order valence-electron chi connectivity index (χ3n) is 6.28. The first-order chi connectivity index (χ1) is 15.1. The fourth-order valence-electron chi connectivity index (χ4n) is 4.52. The predicted molar refractivity (Wildman–Crippen MR) is 127 cm³/mol. The van der Waals surface area contributed by atoms with Gasteiger partial charge in [-0.25, -0.2) is 4.39 Å². The van der Waals surface area contributed by atoms with Crippen LogP contribution in [0.3, 0.4) is 0 Å². The topological polar surface area (TPSA) is 60.6 Å². The minimum Gasteiger partial charge on any atom is -0.477 e. The number of aromatic nitrogens is 1. The van der Waals surface area contributed by atoms with Gasteiger partial charge in [-0.2, -0.15) is 0 Å². The van der Waals surface area contributed by atoms with Crippen LogP contribution in [0.1, 0.15) is 26.3 Å². The van der Waals surface area contributed by atoms with Gasteiger partial charge in [-0.3, -0.25) is 9.69 Å². The molecule has 2 aliphatic heterocycles. The number of amides is 1. The molecular weight excluding hydrogens is 407 g/mol. The van der Waals surface area contributed by atoms with Crippen LogP contribution in [0.5, 0.6) is 5.75 Å². The number of halogens is 1. The van der Waals surface area contributed by atoms with Gasteiger partial charge in [0.25, 0.3) is 5.91 Å². The van der Waals surface area contributed by atoms with E-state index in [2.05, 4.69) is 26.2 Å². The molecule has 1 saturated heterocycles. The Balaban J connectivity index is 0.00000245. The van der Waals surface area contributed by atoms with Crippen LogP contribution in [0.15, 0.2) is 42.6 Å². The fraction of sp³-hybridized carbons (Fsp3) is 0.400. The molecular formula is C25H31FN4O2. The minimum atomic E-state index is -0.479. The lowest BCUT2D eigenvalue weighted by Crippen LogP contribution is -2.47. The highest BCUT2D eigenvalue weighted by atomic mass is 19.1. The standard InChI is InChI=1S/C24H27FN4O2.CH4/c1-16-24(30)27-21-5-2-6-22(23(21)31-16)29-12-10-28(11-13-29)9-3-4-17-15-26-20-8-7-18(25)14-19(17)20;/h2,5-8,14-16,26H,3-4,9-13H2,1H3,(H,27,30);1H4/t16-;/m0./s1. The molecule has 0 saturated carbocycles. The third-order valence-corrected chi connectivity index (χ3v) is 6.28. The molecule has 0 unspecified atom stereocenters. The van der Waals surface area contributed by atoms with Gasteiger partial charge in [0, 0.05) is 43.3 Å². The summed E-state index contributed by atoms with van der Waals surface area (Å²) >= 11 is 0. The van der Waals surface area contributed by atoms with E-state index in [1.165, 1.54) is 11.6 Å². The number of carbonyl (C=O) groups is 1. The Morgan fingerprint density at radius 1 is 1.16 bits per heavy atom. The molecule has 170 valence electrons. The van der Waals surface area contributed by atoms with Crippen molar-refractivity contribution in [2.75, 3.05) is 42.9 Å². The highest BCUT2D eigenvalue weighted by molar-refractivity contribution is 5.99. The molecule has 1 fully saturated rings. The van der Waals surface area contributed by atoms with Gasteiger partial charge in [-0.15, -0.1) is 0 Å². The first-order valence-electron chi connectivity index (χ1n) is 10.9. The number of benzene rings is 2. The van der Waals surface area contributed by atoms with Crippen molar-refractivity contribution >= 4 is 28.2 Å². The minimum absolute atomic E-state index is 0. The number of carbonyl (C=O) groups excluding carboxylic acids is 1. The molecule has 1 aromatic heterocycles. The second kappa shape index (κ2) is 9.20. The number of anilines is 2. The number of fused-ring (bicyclic) bond motifs is 2. The van der Waals surface area contributed by atoms with Crippen molar-refractivity contribution in [2.24, 2.45) is 0 Å². The van der Waals surface area contributed by atoms with E-state index in [1.54, 1.807) is 19.1 Å². The molecule has 0 bridgehead atoms. The molecule has 0 spiro atoms. The average Bonchev–Trinajstić information content (AvgIpc) is 3.17. The number of aromatic amines is 1. The van der Waals surface area contributed by atoms with Gasteiger partial charge < -0.3 is 19.9 Å². The number of hydrogen-bond donors (Lipinski definition) is 2. The van der Waals surface area contributed by atoms with Gasteiger partial charge in [0.1, 0.15) is 5.82 Å². The Morgan fingerprint density at radius 3 is 2.78 bits per heavy atom. The van der Waals surface area contributed by atoms with Gasteiger partial charge in [0.05, 0.1) is 11.4 Å². The van der Waals surface area contributed by atoms with Crippen LogP contribution in [-0.2, 0) is 11.2 Å². The van der Waals surface area contributed by atoms with Crippen LogP contribution in [0.25, 0.3) is 10.9 Å². The van der Waals surface area contributed by atoms with Crippen LogP contribution in [0.4, 0.5) is 15.8 Å². The number of para-hydroxylation sites is 1. The van der Waals surface area contributed by atoms with Crippen molar-refractivity contribution in [1.29, 1.82) is 0 Å². The fourth-order valence-corrected chi connectivity index (χ4v) is 4.52. The van der Waals surface area contributed by atoms with Gasteiger partial charge >= 0.3 is 0 Å². The lowest BCUT2D eigenvalue weighted by atomic mass is 10.1. The van der Waals surface area contributed by atoms with E-state index in [0.29, 0.717) is 0 Å². The third kappa shape index (κ3) is 4.30. The zero-order chi connectivity index (χ0) is 21.4. The van der Waals surface area contributed by atoms with Crippen LogP contribution < -0.4 is 15.0 Å². The number of aryl methyl sites for hydroxylation is 1. The van der Waals surface area contributed by atoms with Crippen molar-refractivity contribution in [2.45, 2.75) is 33.3 Å². The highest BCUT2D eigenvalue weighted by Crippen LogP contribution is 2.39. The molecule has 1 amide bonds. The van der Waals surface area contributed by atoms with E-state index in [-0.39, 0.29) is 19.2 Å². The van der Waals surface area contributed by atoms with Crippen molar-refractivity contribution in [3.05, 3.63) is 54.0 Å². The van der Waals surface area contributed by atoms with Crippen molar-refractivity contribution in [3.8, 4) is 5.75 Å². The van der Waals surface area contributed by atoms with Crippen LogP contribution in [0, 0.1) is 5.82 Å². The molecule has 2 aliphatic rings. The van der Waals surface area contributed by atoms with Gasteiger partial charge in [-0.1, -0.05) is 13.5 Å². The summed E-state index contributed by atoms with van der Waals surface area (Å²) in [6, 6.07) is 10.8. The Hall–Kier alpha value is -3.06. The SMILES string of the molecule is C.C[C@@H]1Oc2c(cccc2N2CCN(CCCc3c[nH]c4ccc(F)cc34)CC2)NC1=O. The summed E-state index contributed by atoms with van der Waals surface area (Å²) in [7, 11) is 0. The smallest absolute Gasteiger partial charge is 0.265 e. The van der Waals surface area contributed by atoms with Crippen LogP contribution >= 0.6 is 0 Å². The average molecular weight is 439 g/mol. The lowest BCUT2D eigenvalue weighted by Gasteiger charge is -2.38. The molecule has 5 rings (SSSR count). The molecule has 3 aromatic rings. The van der Waals surface area contributed by atoms with E-state index in [4.69, 9.17) is 4.74 Å². The predicted octanol–water partition coefficient (Wildman–Crippen LogP) is 4.42. The van der Waals surface area contributed by atoms with E-state index in [1.807, 2.05) is 18.3 Å². The summed E-state index contributed by atoms with van der Waals surface area (Å²) in [6.45, 7) is 6.59. The normalized spacial score (nSPS) is 18.6. The van der Waals surface area contributed by atoms with Gasteiger partial charge in [0.15, 0.2) is 11.9 Å². The molecule has 0 radical (unpaired) electrons. The molecule has 3 heterocycles. The number of piperazine rings is 1. The second-order valence-corrected chi connectivity index (χ2v) is 8.34. The number of rotatable bonds is 5. The summed E-state index contributed by atoms with van der Waals surface area (Å²) in [6.07, 6.45) is 3.49. The maximum atomic E-state index is 13.6. The lowest BCUT2D eigenvalue weighted by molar-refractivity contribution is -0.122. The molecule has 2 N–H and O–H groups in total. The van der Waals surface area contributed by atoms with E-state index in [9.17, 15) is 9.18 Å².